The van der Waals surface area contributed by atoms with Crippen LogP contribution in [-0.2, 0) is 11.3 Å². The van der Waals surface area contributed by atoms with E-state index in [0.29, 0.717) is 0 Å². The van der Waals surface area contributed by atoms with Gasteiger partial charge in [-0.3, -0.25) is 14.8 Å². The molecule has 1 unspecified atom stereocenters. The predicted octanol–water partition coefficient (Wildman–Crippen LogP) is 5.31. The number of hydrogen-bond donors (Lipinski definition) is 2. The smallest absolute Gasteiger partial charge is 0.248 e. The summed E-state index contributed by atoms with van der Waals surface area (Å²) in [5.74, 6) is 1.43. The van der Waals surface area contributed by atoms with Gasteiger partial charge in [0, 0.05) is 38.9 Å². The Morgan fingerprint density at radius 1 is 1.21 bits per heavy atom. The third-order valence-electron chi connectivity index (χ3n) is 7.32. The maximum absolute atomic E-state index is 11.8. The zero-order valence-electron chi connectivity index (χ0n) is 22.8. The van der Waals surface area contributed by atoms with Crippen molar-refractivity contribution in [3.63, 3.8) is 0 Å². The molecule has 38 heavy (non-hydrogen) atoms. The molecule has 2 heterocycles. The van der Waals surface area contributed by atoms with E-state index in [2.05, 4.69) is 65.4 Å². The Morgan fingerprint density at radius 2 is 2.00 bits per heavy atom. The summed E-state index contributed by atoms with van der Waals surface area (Å²) in [7, 11) is 1.78. The summed E-state index contributed by atoms with van der Waals surface area (Å²) in [4.78, 5) is 15.9. The fraction of sp³-hybridized carbons (Fsp3) is 0.355. The summed E-state index contributed by atoms with van der Waals surface area (Å²) in [5, 5.41) is 18.5. The number of ether oxygens (including phenoxy) is 1. The Kier molecular flexibility index (Phi) is 9.15. The van der Waals surface area contributed by atoms with Gasteiger partial charge in [0.05, 0.1) is 5.69 Å². The second-order valence-electron chi connectivity index (χ2n) is 9.83. The lowest BCUT2D eigenvalue weighted by Gasteiger charge is -2.24. The zero-order valence-corrected chi connectivity index (χ0v) is 22.8. The molecule has 0 aliphatic carbocycles. The number of H-pyrrole nitrogens is 1. The molecule has 0 radical (unpaired) electrons. The monoisotopic (exact) mass is 514 g/mol. The van der Waals surface area contributed by atoms with Crippen molar-refractivity contribution in [2.45, 2.75) is 46.2 Å². The first-order chi connectivity index (χ1) is 18.4. The topological polar surface area (TPSA) is 81.7 Å². The van der Waals surface area contributed by atoms with E-state index >= 15 is 0 Å². The molecule has 0 saturated carbocycles. The van der Waals surface area contributed by atoms with Gasteiger partial charge in [-0.15, -0.1) is 0 Å². The molecule has 0 spiro atoms. The summed E-state index contributed by atoms with van der Waals surface area (Å²) in [5.41, 5.74) is 4.43. The number of rotatable bonds is 10. The van der Waals surface area contributed by atoms with Crippen molar-refractivity contribution in [1.82, 2.24) is 20.0 Å². The average molecular weight is 515 g/mol. The van der Waals surface area contributed by atoms with Gasteiger partial charge in [0.15, 0.2) is 0 Å². The van der Waals surface area contributed by atoms with E-state index in [1.54, 1.807) is 18.1 Å². The second kappa shape index (κ2) is 12.7. The number of allylic oxidation sites excluding steroid dienone is 5. The highest BCUT2D eigenvalue weighted by Crippen LogP contribution is 2.27. The van der Waals surface area contributed by atoms with Crippen molar-refractivity contribution >= 4 is 22.3 Å². The number of hydrogen-bond acceptors (Lipinski definition) is 5. The summed E-state index contributed by atoms with van der Waals surface area (Å²) < 4.78 is 6.37. The van der Waals surface area contributed by atoms with Crippen LogP contribution in [0.3, 0.4) is 0 Å². The molecule has 1 amide bonds. The normalized spacial score (nSPS) is 17.3. The molecule has 3 aromatic rings. The molecule has 0 bridgehead atoms. The van der Waals surface area contributed by atoms with Crippen molar-refractivity contribution in [2.75, 3.05) is 26.7 Å². The van der Waals surface area contributed by atoms with E-state index in [9.17, 15) is 4.79 Å². The van der Waals surface area contributed by atoms with Crippen LogP contribution >= 0.6 is 0 Å². The predicted molar refractivity (Wildman–Crippen MR) is 152 cm³/mol. The molecule has 1 aliphatic rings. The highest BCUT2D eigenvalue weighted by Gasteiger charge is 2.27. The lowest BCUT2D eigenvalue weighted by atomic mass is 10.1. The first-order valence-electron chi connectivity index (χ1n) is 13.2. The minimum atomic E-state index is -0.434. The van der Waals surface area contributed by atoms with Crippen LogP contribution < -0.4 is 4.74 Å². The molecular formula is C31H38N4O3. The Hall–Kier alpha value is -3.68. The van der Waals surface area contributed by atoms with Crippen molar-refractivity contribution in [1.29, 1.82) is 0 Å². The van der Waals surface area contributed by atoms with Crippen molar-refractivity contribution in [3.8, 4) is 5.75 Å². The maximum Gasteiger partial charge on any atom is 0.248 e. The SMILES string of the molecule is CC=C(C=CC(Oc1ccc2cc(CN3CCC(N(C)C(=O)CO)C3)ccc2c1)=C(C)CC)c1ccn[nH]1. The number of likely N-dealkylation sites (tertiary alicyclic amines) is 1. The molecule has 1 aliphatic heterocycles. The van der Waals surface area contributed by atoms with Crippen LogP contribution in [0, 0.1) is 0 Å². The summed E-state index contributed by atoms with van der Waals surface area (Å²) in [6.07, 6.45) is 9.70. The highest BCUT2D eigenvalue weighted by molar-refractivity contribution is 5.84. The fourth-order valence-corrected chi connectivity index (χ4v) is 4.77. The highest BCUT2D eigenvalue weighted by atomic mass is 16.5. The van der Waals surface area contributed by atoms with Crippen LogP contribution in [-0.4, -0.2) is 63.8 Å². The first kappa shape index (κ1) is 27.4. The average Bonchev–Trinajstić information content (AvgIpc) is 3.64. The van der Waals surface area contributed by atoms with Gasteiger partial charge in [0.25, 0.3) is 0 Å². The first-order valence-corrected chi connectivity index (χ1v) is 13.2. The molecule has 2 aromatic carbocycles. The van der Waals surface area contributed by atoms with Crippen LogP contribution in [0.4, 0.5) is 0 Å². The quantitative estimate of drug-likeness (QED) is 0.283. The lowest BCUT2D eigenvalue weighted by Crippen LogP contribution is -2.40. The van der Waals surface area contributed by atoms with Crippen molar-refractivity contribution in [2.24, 2.45) is 0 Å². The zero-order chi connectivity index (χ0) is 27.1. The Bertz CT molecular complexity index is 1340. The van der Waals surface area contributed by atoms with Crippen molar-refractivity contribution in [3.05, 3.63) is 89.5 Å². The molecule has 4 rings (SSSR count). The van der Waals surface area contributed by atoms with Gasteiger partial charge < -0.3 is 14.7 Å². The number of carbonyl (C=O) groups excluding carboxylic acids is 1. The number of amides is 1. The van der Waals surface area contributed by atoms with Gasteiger partial charge >= 0.3 is 0 Å². The standard InChI is InChI=1S/C31H38N4O3/c1-5-22(3)30(12-10-24(6-2)29-13-15-32-33-29)38-28-11-9-25-17-23(7-8-26(25)18-28)19-35-16-14-27(20-35)34(4)31(37)21-36/h6-13,15,17-18,27,36H,5,14,16,19-21H2,1-4H3,(H,32,33). The second-order valence-corrected chi connectivity index (χ2v) is 9.83. The molecule has 1 saturated heterocycles. The number of nitrogens with zero attached hydrogens (tertiary/aromatic N) is 3. The number of likely N-dealkylation sites (N-methyl/N-ethyl adjacent to an activating group) is 1. The van der Waals surface area contributed by atoms with Gasteiger partial charge in [0.2, 0.25) is 5.91 Å². The number of benzene rings is 2. The summed E-state index contributed by atoms with van der Waals surface area (Å²) in [6, 6.07) is 14.9. The minimum Gasteiger partial charge on any atom is -0.457 e. The number of aromatic amines is 1. The van der Waals surface area contributed by atoms with E-state index in [-0.39, 0.29) is 11.9 Å². The Labute approximate surface area is 225 Å². The number of fused-ring (bicyclic) bond motifs is 1. The van der Waals surface area contributed by atoms with Crippen molar-refractivity contribution < 1.29 is 14.6 Å². The van der Waals surface area contributed by atoms with Gasteiger partial charge in [0.1, 0.15) is 18.1 Å². The van der Waals surface area contributed by atoms with E-state index in [0.717, 1.165) is 60.6 Å². The Morgan fingerprint density at radius 3 is 2.71 bits per heavy atom. The summed E-state index contributed by atoms with van der Waals surface area (Å²) in [6.45, 7) is 8.40. The lowest BCUT2D eigenvalue weighted by molar-refractivity contribution is -0.134. The number of carbonyl (C=O) groups is 1. The molecular weight excluding hydrogens is 476 g/mol. The van der Waals surface area contributed by atoms with Gasteiger partial charge in [-0.2, -0.15) is 5.10 Å². The van der Waals surface area contributed by atoms with E-state index in [4.69, 9.17) is 9.84 Å². The number of aromatic nitrogens is 2. The third kappa shape index (κ3) is 6.60. The van der Waals surface area contributed by atoms with Gasteiger partial charge in [-0.25, -0.2) is 0 Å². The van der Waals surface area contributed by atoms with E-state index in [1.807, 2.05) is 31.2 Å². The molecule has 1 atom stereocenters. The third-order valence-corrected chi connectivity index (χ3v) is 7.32. The van der Waals surface area contributed by atoms with E-state index in [1.165, 1.54) is 16.5 Å². The molecule has 1 fully saturated rings. The van der Waals surface area contributed by atoms with Crippen LogP contribution in [0.5, 0.6) is 5.75 Å². The van der Waals surface area contributed by atoms with Crippen LogP contribution in [0.1, 0.15) is 44.9 Å². The van der Waals surface area contributed by atoms with Gasteiger partial charge in [-0.1, -0.05) is 31.2 Å². The molecule has 7 nitrogen and oxygen atoms in total. The molecule has 200 valence electrons. The minimum absolute atomic E-state index is 0.154. The Balaban J connectivity index is 1.45. The largest absolute Gasteiger partial charge is 0.457 e. The molecule has 1 aromatic heterocycles. The maximum atomic E-state index is 11.8. The van der Waals surface area contributed by atoms with Crippen LogP contribution in [0.2, 0.25) is 0 Å². The number of nitrogens with one attached hydrogen (secondary N) is 1. The fourth-order valence-electron chi connectivity index (χ4n) is 4.77. The molecule has 7 heteroatoms. The van der Waals surface area contributed by atoms with Crippen LogP contribution in [0.15, 0.2) is 78.2 Å². The van der Waals surface area contributed by atoms with E-state index < -0.39 is 6.61 Å². The summed E-state index contributed by atoms with van der Waals surface area (Å²) >= 11 is 0. The molecule has 2 N–H and O–H groups in total. The van der Waals surface area contributed by atoms with Gasteiger partial charge in [-0.05, 0) is 90.6 Å². The number of aliphatic hydroxyl groups excluding tert-OH is 1. The van der Waals surface area contributed by atoms with Crippen LogP contribution in [0.25, 0.3) is 16.3 Å². The number of aliphatic hydroxyl groups is 1.